The molecule has 0 saturated heterocycles. The van der Waals surface area contributed by atoms with E-state index in [1.54, 1.807) is 0 Å². The van der Waals surface area contributed by atoms with Crippen molar-refractivity contribution in [3.63, 3.8) is 0 Å². The lowest BCUT2D eigenvalue weighted by Crippen LogP contribution is -2.13. The lowest BCUT2D eigenvalue weighted by molar-refractivity contribution is -0.137. The van der Waals surface area contributed by atoms with Crippen LogP contribution in [0.15, 0.2) is 24.0 Å². The molecule has 3 heteroatoms. The highest BCUT2D eigenvalue weighted by molar-refractivity contribution is 5.66. The maximum atomic E-state index is 10.5. The van der Waals surface area contributed by atoms with Crippen molar-refractivity contribution in [3.8, 4) is 0 Å². The molecule has 0 rings (SSSR count). The van der Waals surface area contributed by atoms with Crippen LogP contribution in [0.3, 0.4) is 0 Å². The summed E-state index contributed by atoms with van der Waals surface area (Å²) in [5.41, 5.74) is 0.800. The highest BCUT2D eigenvalue weighted by atomic mass is 16.4. The Hall–Kier alpha value is -1.25. The molecule has 0 aliphatic carbocycles. The monoisotopic (exact) mass is 212 g/mol. The molecule has 0 heterocycles. The maximum Gasteiger partial charge on any atom is 0.303 e. The van der Waals surface area contributed by atoms with Crippen molar-refractivity contribution in [1.82, 2.24) is 0 Å². The first-order valence-electron chi connectivity index (χ1n) is 5.21. The van der Waals surface area contributed by atoms with Crippen LogP contribution in [0, 0.1) is 11.8 Å². The second-order valence-corrected chi connectivity index (χ2v) is 3.91. The SMILES string of the molecule is C/C=C/C(=C/O)C(CCC(=O)O)C(C)C. The first-order chi connectivity index (χ1) is 7.02. The third-order valence-corrected chi connectivity index (χ3v) is 2.41. The molecular formula is C12H20O3. The topological polar surface area (TPSA) is 57.5 Å². The smallest absolute Gasteiger partial charge is 0.303 e. The van der Waals surface area contributed by atoms with Crippen LogP contribution in [0.4, 0.5) is 0 Å². The fourth-order valence-electron chi connectivity index (χ4n) is 1.62. The number of carboxylic acid groups (broad SMARTS) is 1. The summed E-state index contributed by atoms with van der Waals surface area (Å²) in [6.07, 6.45) is 5.44. The van der Waals surface area contributed by atoms with Crippen molar-refractivity contribution in [3.05, 3.63) is 24.0 Å². The van der Waals surface area contributed by atoms with Gasteiger partial charge in [0.15, 0.2) is 0 Å². The predicted molar refractivity (Wildman–Crippen MR) is 60.7 cm³/mol. The number of hydrogen-bond donors (Lipinski definition) is 2. The zero-order valence-electron chi connectivity index (χ0n) is 9.60. The third-order valence-electron chi connectivity index (χ3n) is 2.41. The largest absolute Gasteiger partial charge is 0.515 e. The van der Waals surface area contributed by atoms with E-state index >= 15 is 0 Å². The van der Waals surface area contributed by atoms with Crippen molar-refractivity contribution < 1.29 is 15.0 Å². The molecule has 0 aromatic rings. The van der Waals surface area contributed by atoms with Gasteiger partial charge in [0.1, 0.15) is 0 Å². The van der Waals surface area contributed by atoms with Crippen molar-refractivity contribution in [2.24, 2.45) is 11.8 Å². The quantitative estimate of drug-likeness (QED) is 0.525. The average Bonchev–Trinajstić information content (AvgIpc) is 2.15. The van der Waals surface area contributed by atoms with Gasteiger partial charge in [-0.05, 0) is 30.8 Å². The van der Waals surface area contributed by atoms with Gasteiger partial charge in [-0.15, -0.1) is 0 Å². The van der Waals surface area contributed by atoms with E-state index in [1.165, 1.54) is 0 Å². The Labute approximate surface area is 91.1 Å². The minimum atomic E-state index is -0.793. The summed E-state index contributed by atoms with van der Waals surface area (Å²) in [5.74, 6) is -0.375. The molecule has 15 heavy (non-hydrogen) atoms. The van der Waals surface area contributed by atoms with Crippen molar-refractivity contribution in [2.45, 2.75) is 33.6 Å². The van der Waals surface area contributed by atoms with E-state index in [2.05, 4.69) is 0 Å². The minimum absolute atomic E-state index is 0.0994. The number of aliphatic hydroxyl groups is 1. The summed E-state index contributed by atoms with van der Waals surface area (Å²) in [6, 6.07) is 0. The van der Waals surface area contributed by atoms with Crippen molar-refractivity contribution in [2.75, 3.05) is 0 Å². The van der Waals surface area contributed by atoms with Gasteiger partial charge in [-0.3, -0.25) is 4.79 Å². The summed E-state index contributed by atoms with van der Waals surface area (Å²) < 4.78 is 0. The molecule has 0 saturated carbocycles. The fourth-order valence-corrected chi connectivity index (χ4v) is 1.62. The number of allylic oxidation sites excluding steroid dienone is 3. The Kier molecular flexibility index (Phi) is 6.50. The van der Waals surface area contributed by atoms with E-state index in [0.717, 1.165) is 11.8 Å². The average molecular weight is 212 g/mol. The van der Waals surface area contributed by atoms with Crippen LogP contribution in [0.2, 0.25) is 0 Å². The maximum absolute atomic E-state index is 10.5. The molecule has 2 N–H and O–H groups in total. The molecule has 1 atom stereocenters. The van der Waals surface area contributed by atoms with Crippen LogP contribution in [0.5, 0.6) is 0 Å². The number of rotatable bonds is 6. The molecular weight excluding hydrogens is 192 g/mol. The third kappa shape index (κ3) is 5.25. The highest BCUT2D eigenvalue weighted by Gasteiger charge is 2.17. The standard InChI is InChI=1S/C12H20O3/c1-4-5-10(8-13)11(9(2)3)6-7-12(14)15/h4-5,8-9,11,13H,6-7H2,1-3H3,(H,14,15)/b5-4+,10-8-. The van der Waals surface area contributed by atoms with Gasteiger partial charge in [0.05, 0.1) is 6.26 Å². The van der Waals surface area contributed by atoms with Crippen LogP contribution in [0.25, 0.3) is 0 Å². The molecule has 3 nitrogen and oxygen atoms in total. The zero-order chi connectivity index (χ0) is 11.8. The second-order valence-electron chi connectivity index (χ2n) is 3.91. The van der Waals surface area contributed by atoms with E-state index in [0.29, 0.717) is 12.3 Å². The summed E-state index contributed by atoms with van der Waals surface area (Å²) >= 11 is 0. The van der Waals surface area contributed by atoms with Gasteiger partial charge < -0.3 is 10.2 Å². The highest BCUT2D eigenvalue weighted by Crippen LogP contribution is 2.26. The molecule has 0 bridgehead atoms. The van der Waals surface area contributed by atoms with Gasteiger partial charge >= 0.3 is 5.97 Å². The number of aliphatic carboxylic acids is 1. The first kappa shape index (κ1) is 13.8. The summed E-state index contributed by atoms with van der Waals surface area (Å²) in [6.45, 7) is 5.93. The molecule has 0 fully saturated rings. The van der Waals surface area contributed by atoms with Crippen molar-refractivity contribution in [1.29, 1.82) is 0 Å². The molecule has 1 unspecified atom stereocenters. The predicted octanol–water partition coefficient (Wildman–Crippen LogP) is 3.14. The normalized spacial score (nSPS) is 14.8. The summed E-state index contributed by atoms with van der Waals surface area (Å²) in [5, 5.41) is 17.7. The Balaban J connectivity index is 4.57. The Morgan fingerprint density at radius 2 is 2.00 bits per heavy atom. The van der Waals surface area contributed by atoms with Crippen LogP contribution in [-0.2, 0) is 4.79 Å². The van der Waals surface area contributed by atoms with Gasteiger partial charge in [-0.1, -0.05) is 26.0 Å². The molecule has 0 aromatic carbocycles. The van der Waals surface area contributed by atoms with E-state index in [4.69, 9.17) is 10.2 Å². The fraction of sp³-hybridized carbons (Fsp3) is 0.583. The van der Waals surface area contributed by atoms with Gasteiger partial charge in [0, 0.05) is 6.42 Å². The molecule has 0 aromatic heterocycles. The first-order valence-corrected chi connectivity index (χ1v) is 5.21. The number of aliphatic hydroxyl groups excluding tert-OH is 1. The van der Waals surface area contributed by atoms with Crippen LogP contribution in [-0.4, -0.2) is 16.2 Å². The summed E-state index contributed by atoms with van der Waals surface area (Å²) in [7, 11) is 0. The number of carbonyl (C=O) groups is 1. The lowest BCUT2D eigenvalue weighted by atomic mass is 9.85. The van der Waals surface area contributed by atoms with Gasteiger partial charge in [-0.2, -0.15) is 0 Å². The van der Waals surface area contributed by atoms with Crippen LogP contribution in [0.1, 0.15) is 33.6 Å². The number of hydrogen-bond acceptors (Lipinski definition) is 2. The van der Waals surface area contributed by atoms with E-state index in [-0.39, 0.29) is 12.3 Å². The Bertz CT molecular complexity index is 252. The van der Waals surface area contributed by atoms with E-state index < -0.39 is 5.97 Å². The molecule has 0 spiro atoms. The van der Waals surface area contributed by atoms with Gasteiger partial charge in [-0.25, -0.2) is 0 Å². The van der Waals surface area contributed by atoms with E-state index in [1.807, 2.05) is 32.9 Å². The number of carboxylic acids is 1. The lowest BCUT2D eigenvalue weighted by Gasteiger charge is -2.20. The molecule has 86 valence electrons. The minimum Gasteiger partial charge on any atom is -0.515 e. The second kappa shape index (κ2) is 7.10. The van der Waals surface area contributed by atoms with Crippen LogP contribution >= 0.6 is 0 Å². The molecule has 0 aliphatic rings. The zero-order valence-corrected chi connectivity index (χ0v) is 9.60. The van der Waals surface area contributed by atoms with Gasteiger partial charge in [0.2, 0.25) is 0 Å². The molecule has 0 aliphatic heterocycles. The molecule has 0 radical (unpaired) electrons. The van der Waals surface area contributed by atoms with Gasteiger partial charge in [0.25, 0.3) is 0 Å². The van der Waals surface area contributed by atoms with Crippen molar-refractivity contribution >= 4 is 5.97 Å². The Morgan fingerprint density at radius 1 is 1.40 bits per heavy atom. The summed E-state index contributed by atoms with van der Waals surface area (Å²) in [4.78, 5) is 10.5. The van der Waals surface area contributed by atoms with Crippen LogP contribution < -0.4 is 0 Å². The molecule has 0 amide bonds. The van der Waals surface area contributed by atoms with E-state index in [9.17, 15) is 4.79 Å². The Morgan fingerprint density at radius 3 is 2.33 bits per heavy atom.